The summed E-state index contributed by atoms with van der Waals surface area (Å²) in [6, 6.07) is 3.70. The molecule has 0 spiro atoms. The fraction of sp³-hybridized carbons (Fsp3) is 0.316. The number of rotatable bonds is 7. The Morgan fingerprint density at radius 1 is 1.17 bits per heavy atom. The van der Waals surface area contributed by atoms with Gasteiger partial charge in [-0.1, -0.05) is 0 Å². The number of nitrogens with one attached hydrogen (secondary N) is 2. The molecule has 2 N–H and O–H groups in total. The summed E-state index contributed by atoms with van der Waals surface area (Å²) in [5.74, 6) is -1.98. The maximum Gasteiger partial charge on any atom is 0.355 e. The van der Waals surface area contributed by atoms with Crippen molar-refractivity contribution < 1.29 is 33.5 Å². The zero-order chi connectivity index (χ0) is 22.6. The molecule has 1 aromatic heterocycles. The first-order valence-corrected chi connectivity index (χ1v) is 8.72. The highest BCUT2D eigenvalue weighted by Gasteiger charge is 2.26. The number of carbonyl (C=O) groups excluding carboxylic acids is 3. The van der Waals surface area contributed by atoms with Gasteiger partial charge in [-0.15, -0.1) is 0 Å². The molecule has 1 atom stereocenters. The van der Waals surface area contributed by atoms with Crippen LogP contribution in [0.25, 0.3) is 0 Å². The number of aromatic amines is 1. The van der Waals surface area contributed by atoms with E-state index >= 15 is 0 Å². The summed E-state index contributed by atoms with van der Waals surface area (Å²) < 4.78 is 14.9. The molecule has 160 valence electrons. The highest BCUT2D eigenvalue weighted by Crippen LogP contribution is 2.29. The standard InChI is InChI=1S/C19H21N3O8/c1-9-15(18(24)29-5)10(2)20-16(9)19(25)30-11(3)17(23)21-13-8-12(22(26)27)6-7-14(13)28-4/h6-8,11,20H,1-5H3,(H,21,23)/t11-/m1/s1. The third-order valence-corrected chi connectivity index (χ3v) is 4.34. The Balaban J connectivity index is 2.17. The number of nitro benzene ring substituents is 1. The van der Waals surface area contributed by atoms with E-state index in [4.69, 9.17) is 14.2 Å². The van der Waals surface area contributed by atoms with Crippen LogP contribution in [0, 0.1) is 24.0 Å². The molecular formula is C19H21N3O8. The minimum atomic E-state index is -1.24. The number of anilines is 1. The molecule has 1 amide bonds. The van der Waals surface area contributed by atoms with Crippen LogP contribution in [0.4, 0.5) is 11.4 Å². The van der Waals surface area contributed by atoms with Crippen LogP contribution in [0.15, 0.2) is 18.2 Å². The first-order chi connectivity index (χ1) is 14.1. The van der Waals surface area contributed by atoms with Gasteiger partial charge < -0.3 is 24.5 Å². The number of amides is 1. The molecule has 0 radical (unpaired) electrons. The van der Waals surface area contributed by atoms with Gasteiger partial charge in [0.05, 0.1) is 30.4 Å². The molecule has 30 heavy (non-hydrogen) atoms. The Morgan fingerprint density at radius 2 is 1.83 bits per heavy atom. The van der Waals surface area contributed by atoms with Gasteiger partial charge in [0.1, 0.15) is 11.4 Å². The lowest BCUT2D eigenvalue weighted by molar-refractivity contribution is -0.384. The Hall–Kier alpha value is -3.89. The second kappa shape index (κ2) is 9.07. The average Bonchev–Trinajstić information content (AvgIpc) is 3.01. The predicted molar refractivity (Wildman–Crippen MR) is 105 cm³/mol. The molecule has 1 heterocycles. The molecule has 0 saturated heterocycles. The molecule has 0 aliphatic carbocycles. The van der Waals surface area contributed by atoms with Crippen molar-refractivity contribution in [3.8, 4) is 5.75 Å². The smallest absolute Gasteiger partial charge is 0.355 e. The Labute approximate surface area is 171 Å². The summed E-state index contributed by atoms with van der Waals surface area (Å²) in [5, 5.41) is 13.4. The number of nitro groups is 1. The van der Waals surface area contributed by atoms with Crippen LogP contribution < -0.4 is 10.1 Å². The van der Waals surface area contributed by atoms with Crippen molar-refractivity contribution in [1.82, 2.24) is 4.98 Å². The molecule has 0 aliphatic rings. The van der Waals surface area contributed by atoms with Gasteiger partial charge in [0, 0.05) is 17.8 Å². The van der Waals surface area contributed by atoms with E-state index in [0.717, 1.165) is 6.07 Å². The number of hydrogen-bond donors (Lipinski definition) is 2. The van der Waals surface area contributed by atoms with E-state index in [0.29, 0.717) is 11.3 Å². The van der Waals surface area contributed by atoms with Gasteiger partial charge in [-0.2, -0.15) is 0 Å². The van der Waals surface area contributed by atoms with Gasteiger partial charge in [-0.05, 0) is 32.4 Å². The van der Waals surface area contributed by atoms with Crippen LogP contribution >= 0.6 is 0 Å². The van der Waals surface area contributed by atoms with Crippen LogP contribution in [0.3, 0.4) is 0 Å². The fourth-order valence-corrected chi connectivity index (χ4v) is 2.78. The van der Waals surface area contributed by atoms with E-state index in [1.54, 1.807) is 13.8 Å². The number of H-pyrrole nitrogens is 1. The van der Waals surface area contributed by atoms with E-state index in [-0.39, 0.29) is 28.4 Å². The van der Waals surface area contributed by atoms with Gasteiger partial charge >= 0.3 is 11.9 Å². The number of esters is 2. The Morgan fingerprint density at radius 3 is 2.40 bits per heavy atom. The minimum Gasteiger partial charge on any atom is -0.495 e. The molecular weight excluding hydrogens is 398 g/mol. The van der Waals surface area contributed by atoms with Crippen molar-refractivity contribution in [2.24, 2.45) is 0 Å². The number of nitrogens with zero attached hydrogens (tertiary/aromatic N) is 1. The molecule has 0 aliphatic heterocycles. The quantitative estimate of drug-likeness (QED) is 0.395. The summed E-state index contributed by atoms with van der Waals surface area (Å²) in [5.41, 5.74) is 0.786. The highest BCUT2D eigenvalue weighted by atomic mass is 16.6. The van der Waals surface area contributed by atoms with Crippen molar-refractivity contribution in [1.29, 1.82) is 0 Å². The highest BCUT2D eigenvalue weighted by molar-refractivity contribution is 6.01. The van der Waals surface area contributed by atoms with Crippen LogP contribution in [0.5, 0.6) is 5.75 Å². The number of aryl methyl sites for hydroxylation is 1. The van der Waals surface area contributed by atoms with Crippen molar-refractivity contribution in [2.75, 3.05) is 19.5 Å². The molecule has 2 aromatic rings. The number of hydrogen-bond acceptors (Lipinski definition) is 8. The van der Waals surface area contributed by atoms with E-state index in [2.05, 4.69) is 10.3 Å². The van der Waals surface area contributed by atoms with E-state index < -0.39 is 28.9 Å². The van der Waals surface area contributed by atoms with Crippen LogP contribution in [0.1, 0.15) is 39.0 Å². The summed E-state index contributed by atoms with van der Waals surface area (Å²) in [4.78, 5) is 49.9. The van der Waals surface area contributed by atoms with Gasteiger partial charge in [-0.25, -0.2) is 9.59 Å². The summed E-state index contributed by atoms with van der Waals surface area (Å²) in [6.07, 6.45) is -1.24. The van der Waals surface area contributed by atoms with Gasteiger partial charge in [0.25, 0.3) is 11.6 Å². The lowest BCUT2D eigenvalue weighted by Crippen LogP contribution is -2.30. The van der Waals surface area contributed by atoms with Crippen molar-refractivity contribution in [2.45, 2.75) is 26.9 Å². The van der Waals surface area contributed by atoms with Crippen LogP contribution in [0.2, 0.25) is 0 Å². The molecule has 1 aromatic carbocycles. The summed E-state index contributed by atoms with van der Waals surface area (Å²) in [6.45, 7) is 4.48. The third-order valence-electron chi connectivity index (χ3n) is 4.34. The normalized spacial score (nSPS) is 11.4. The third kappa shape index (κ3) is 4.57. The summed E-state index contributed by atoms with van der Waals surface area (Å²) in [7, 11) is 2.57. The molecule has 11 nitrogen and oxygen atoms in total. The fourth-order valence-electron chi connectivity index (χ4n) is 2.78. The molecule has 0 unspecified atom stereocenters. The molecule has 0 fully saturated rings. The first-order valence-electron chi connectivity index (χ1n) is 8.72. The van der Waals surface area contributed by atoms with Crippen molar-refractivity contribution >= 4 is 29.2 Å². The molecule has 2 rings (SSSR count). The Kier molecular flexibility index (Phi) is 6.77. The lowest BCUT2D eigenvalue weighted by atomic mass is 10.1. The zero-order valence-corrected chi connectivity index (χ0v) is 17.0. The SMILES string of the molecule is COC(=O)c1c(C)[nH]c(C(=O)O[C@H](C)C(=O)Nc2cc([N+](=O)[O-])ccc2OC)c1C. The van der Waals surface area contributed by atoms with Gasteiger partial charge in [-0.3, -0.25) is 14.9 Å². The van der Waals surface area contributed by atoms with E-state index in [1.165, 1.54) is 33.3 Å². The largest absolute Gasteiger partial charge is 0.495 e. The molecule has 0 bridgehead atoms. The van der Waals surface area contributed by atoms with Gasteiger partial charge in [0.2, 0.25) is 0 Å². The monoisotopic (exact) mass is 419 g/mol. The van der Waals surface area contributed by atoms with Crippen LogP contribution in [-0.4, -0.2) is 48.1 Å². The second-order valence-electron chi connectivity index (χ2n) is 6.30. The number of methoxy groups -OCH3 is 2. The van der Waals surface area contributed by atoms with Crippen LogP contribution in [-0.2, 0) is 14.3 Å². The zero-order valence-electron chi connectivity index (χ0n) is 17.0. The lowest BCUT2D eigenvalue weighted by Gasteiger charge is -2.15. The average molecular weight is 419 g/mol. The first kappa shape index (κ1) is 22.4. The Bertz CT molecular complexity index is 1010. The number of aromatic nitrogens is 1. The number of ether oxygens (including phenoxy) is 3. The number of carbonyl (C=O) groups is 3. The topological polar surface area (TPSA) is 150 Å². The number of benzene rings is 1. The van der Waals surface area contributed by atoms with Crippen molar-refractivity contribution in [3.05, 3.63) is 50.8 Å². The summed E-state index contributed by atoms with van der Waals surface area (Å²) >= 11 is 0. The number of non-ortho nitro benzene ring substituents is 1. The van der Waals surface area contributed by atoms with E-state index in [9.17, 15) is 24.5 Å². The maximum atomic E-state index is 12.5. The minimum absolute atomic E-state index is 0.0143. The van der Waals surface area contributed by atoms with E-state index in [1.807, 2.05) is 0 Å². The predicted octanol–water partition coefficient (Wildman–Crippen LogP) is 2.52. The molecule has 11 heteroatoms. The second-order valence-corrected chi connectivity index (χ2v) is 6.30. The molecule has 0 saturated carbocycles. The van der Waals surface area contributed by atoms with Gasteiger partial charge in [0.15, 0.2) is 6.10 Å². The van der Waals surface area contributed by atoms with Crippen molar-refractivity contribution in [3.63, 3.8) is 0 Å². The maximum absolute atomic E-state index is 12.5.